The molecule has 3 nitrogen and oxygen atoms in total. The minimum Gasteiger partial charge on any atom is -0.466 e. The number of esters is 1. The van der Waals surface area contributed by atoms with Crippen LogP contribution in [0.25, 0.3) is 0 Å². The molecule has 0 aliphatic carbocycles. The monoisotopic (exact) mass is 279 g/mol. The Balaban J connectivity index is 2.16. The Morgan fingerprint density at radius 2 is 1.84 bits per heavy atom. The molecule has 1 rings (SSSR count). The summed E-state index contributed by atoms with van der Waals surface area (Å²) in [5.41, 5.74) is 7.48. The summed E-state index contributed by atoms with van der Waals surface area (Å²) < 4.78 is 5.24. The molecule has 0 saturated carbocycles. The first-order valence-corrected chi connectivity index (χ1v) is 10.6. The van der Waals surface area contributed by atoms with Gasteiger partial charge in [0, 0.05) is 20.2 Å². The molecule has 0 bridgehead atoms. The summed E-state index contributed by atoms with van der Waals surface area (Å²) in [5, 5.41) is 0. The number of nitrogen functional groups attached to an aromatic ring is 1. The number of benzene rings is 1. The molecule has 0 heterocycles. The molecule has 0 saturated heterocycles. The number of anilines is 1. The van der Waals surface area contributed by atoms with Gasteiger partial charge in [-0.05, 0) is 30.5 Å². The summed E-state index contributed by atoms with van der Waals surface area (Å²) in [5.74, 6) is -0.104. The largest absolute Gasteiger partial charge is 0.466 e. The van der Waals surface area contributed by atoms with Crippen LogP contribution in [0.3, 0.4) is 0 Å². The van der Waals surface area contributed by atoms with Gasteiger partial charge in [0.15, 0.2) is 0 Å². The molecule has 2 N–H and O–H groups in total. The first kappa shape index (κ1) is 15.8. The Bertz CT molecular complexity index is 396. The maximum Gasteiger partial charge on any atom is 0.306 e. The van der Waals surface area contributed by atoms with E-state index in [4.69, 9.17) is 10.5 Å². The van der Waals surface area contributed by atoms with Crippen LogP contribution in [-0.4, -0.2) is 20.7 Å². The predicted octanol–water partition coefficient (Wildman–Crippen LogP) is 3.47. The van der Waals surface area contributed by atoms with E-state index in [1.54, 1.807) is 0 Å². The van der Waals surface area contributed by atoms with E-state index in [2.05, 4.69) is 19.6 Å². The number of nitrogens with two attached hydrogens (primary N) is 1. The minimum atomic E-state index is -1.01. The van der Waals surface area contributed by atoms with Crippen LogP contribution in [0.4, 0.5) is 5.69 Å². The van der Waals surface area contributed by atoms with Gasteiger partial charge in [-0.1, -0.05) is 37.8 Å². The lowest BCUT2D eigenvalue weighted by molar-refractivity contribution is -0.143. The molecule has 0 atom stereocenters. The highest BCUT2D eigenvalue weighted by atomic mass is 28.3. The molecule has 0 aromatic heterocycles. The Kier molecular flexibility index (Phi) is 6.08. The Labute approximate surface area is 117 Å². The third-order valence-electron chi connectivity index (χ3n) is 2.93. The Morgan fingerprint density at radius 3 is 2.42 bits per heavy atom. The van der Waals surface area contributed by atoms with Crippen molar-refractivity contribution in [2.75, 3.05) is 12.3 Å². The molecule has 1 aromatic carbocycles. The van der Waals surface area contributed by atoms with E-state index < -0.39 is 8.07 Å². The van der Waals surface area contributed by atoms with E-state index in [1.807, 2.05) is 24.3 Å². The van der Waals surface area contributed by atoms with Crippen molar-refractivity contribution < 1.29 is 9.53 Å². The Morgan fingerprint density at radius 1 is 1.21 bits per heavy atom. The summed E-state index contributed by atoms with van der Waals surface area (Å²) in [7, 11) is -1.01. The quantitative estimate of drug-likeness (QED) is 0.360. The third-order valence-corrected chi connectivity index (χ3v) is 4.79. The minimum absolute atomic E-state index is 0.104. The summed E-state index contributed by atoms with van der Waals surface area (Å²) in [6, 6.07) is 8.82. The molecule has 19 heavy (non-hydrogen) atoms. The zero-order valence-corrected chi connectivity index (χ0v) is 13.2. The van der Waals surface area contributed by atoms with Gasteiger partial charge in [-0.2, -0.15) is 0 Å². The van der Waals surface area contributed by atoms with Gasteiger partial charge in [0.1, 0.15) is 0 Å². The van der Waals surface area contributed by atoms with Gasteiger partial charge in [-0.15, -0.1) is 0 Å². The zero-order chi connectivity index (χ0) is 14.3. The van der Waals surface area contributed by atoms with E-state index in [1.165, 1.54) is 6.04 Å². The lowest BCUT2D eigenvalue weighted by Gasteiger charge is -2.15. The van der Waals surface area contributed by atoms with Crippen LogP contribution in [0.2, 0.25) is 25.7 Å². The summed E-state index contributed by atoms with van der Waals surface area (Å²) in [6.45, 7) is 7.55. The van der Waals surface area contributed by atoms with Crippen LogP contribution in [0.5, 0.6) is 0 Å². The summed E-state index contributed by atoms with van der Waals surface area (Å²) >= 11 is 0. The number of carbonyl (C=O) groups is 1. The molecular weight excluding hydrogens is 254 g/mol. The van der Waals surface area contributed by atoms with Gasteiger partial charge in [0.2, 0.25) is 0 Å². The highest BCUT2D eigenvalue weighted by Crippen LogP contribution is 2.11. The maximum atomic E-state index is 11.6. The molecule has 0 aliphatic rings. The SMILES string of the molecule is C[Si](C)(C)CCCOC(=O)CCc1ccc(N)cc1. The predicted molar refractivity (Wildman–Crippen MR) is 82.9 cm³/mol. The highest BCUT2D eigenvalue weighted by molar-refractivity contribution is 6.76. The lowest BCUT2D eigenvalue weighted by atomic mass is 10.1. The van der Waals surface area contributed by atoms with Gasteiger partial charge in [-0.25, -0.2) is 0 Å². The van der Waals surface area contributed by atoms with E-state index in [-0.39, 0.29) is 5.97 Å². The van der Waals surface area contributed by atoms with E-state index in [9.17, 15) is 4.79 Å². The van der Waals surface area contributed by atoms with Crippen LogP contribution in [0.1, 0.15) is 18.4 Å². The van der Waals surface area contributed by atoms with Crippen molar-refractivity contribution in [1.29, 1.82) is 0 Å². The number of hydrogen-bond acceptors (Lipinski definition) is 3. The fourth-order valence-electron chi connectivity index (χ4n) is 1.79. The fraction of sp³-hybridized carbons (Fsp3) is 0.533. The first-order chi connectivity index (χ1) is 8.87. The molecule has 0 fully saturated rings. The second-order valence-corrected chi connectivity index (χ2v) is 11.7. The normalized spacial score (nSPS) is 11.3. The molecule has 0 aliphatic heterocycles. The highest BCUT2D eigenvalue weighted by Gasteiger charge is 2.12. The molecule has 0 unspecified atom stereocenters. The maximum absolute atomic E-state index is 11.6. The molecular formula is C15H25NO2Si. The van der Waals surface area contributed by atoms with Crippen molar-refractivity contribution in [3.63, 3.8) is 0 Å². The molecule has 106 valence electrons. The topological polar surface area (TPSA) is 52.3 Å². The molecule has 4 heteroatoms. The first-order valence-electron chi connectivity index (χ1n) is 6.87. The van der Waals surface area contributed by atoms with E-state index in [0.717, 1.165) is 17.7 Å². The third kappa shape index (κ3) is 7.67. The standard InChI is InChI=1S/C15H25NO2Si/c1-19(2,3)12-4-11-18-15(17)10-7-13-5-8-14(16)9-6-13/h5-6,8-9H,4,7,10-12,16H2,1-3H3. The van der Waals surface area contributed by atoms with Crippen molar-refractivity contribution in [3.05, 3.63) is 29.8 Å². The number of carbonyl (C=O) groups excluding carboxylic acids is 1. The van der Waals surface area contributed by atoms with Crippen LogP contribution in [0.15, 0.2) is 24.3 Å². The van der Waals surface area contributed by atoms with Crippen LogP contribution in [0, 0.1) is 0 Å². The van der Waals surface area contributed by atoms with Crippen LogP contribution < -0.4 is 5.73 Å². The average Bonchev–Trinajstić information content (AvgIpc) is 2.33. The van der Waals surface area contributed by atoms with Gasteiger partial charge in [0.25, 0.3) is 0 Å². The second kappa shape index (κ2) is 7.33. The summed E-state index contributed by atoms with van der Waals surface area (Å²) in [4.78, 5) is 11.6. The van der Waals surface area contributed by atoms with Crippen LogP contribution >= 0.6 is 0 Å². The number of aryl methyl sites for hydroxylation is 1. The molecule has 0 spiro atoms. The lowest BCUT2D eigenvalue weighted by Crippen LogP contribution is -2.20. The molecule has 1 aromatic rings. The smallest absolute Gasteiger partial charge is 0.306 e. The van der Waals surface area contributed by atoms with E-state index >= 15 is 0 Å². The average molecular weight is 279 g/mol. The van der Waals surface area contributed by atoms with Gasteiger partial charge >= 0.3 is 5.97 Å². The number of hydrogen-bond donors (Lipinski definition) is 1. The van der Waals surface area contributed by atoms with Crippen molar-refractivity contribution in [2.45, 2.75) is 44.9 Å². The van der Waals surface area contributed by atoms with E-state index in [0.29, 0.717) is 19.4 Å². The van der Waals surface area contributed by atoms with Crippen molar-refractivity contribution in [2.24, 2.45) is 0 Å². The number of ether oxygens (including phenoxy) is 1. The molecule has 0 amide bonds. The fourth-order valence-corrected chi connectivity index (χ4v) is 3.00. The summed E-state index contributed by atoms with van der Waals surface area (Å²) in [6.07, 6.45) is 2.15. The Hall–Kier alpha value is -1.29. The van der Waals surface area contributed by atoms with Gasteiger partial charge < -0.3 is 10.5 Å². The second-order valence-electron chi connectivity index (χ2n) is 6.13. The number of rotatable bonds is 7. The molecule has 0 radical (unpaired) electrons. The van der Waals surface area contributed by atoms with Gasteiger partial charge in [0.05, 0.1) is 6.61 Å². The van der Waals surface area contributed by atoms with Crippen molar-refractivity contribution in [1.82, 2.24) is 0 Å². The zero-order valence-electron chi connectivity index (χ0n) is 12.2. The van der Waals surface area contributed by atoms with Crippen LogP contribution in [-0.2, 0) is 16.0 Å². The van der Waals surface area contributed by atoms with Crippen molar-refractivity contribution >= 4 is 19.7 Å². The van der Waals surface area contributed by atoms with Gasteiger partial charge in [-0.3, -0.25) is 4.79 Å². The van der Waals surface area contributed by atoms with Crippen molar-refractivity contribution in [3.8, 4) is 0 Å².